The average molecular weight is 576 g/mol. The molecule has 2 rings (SSSR count). The van der Waals surface area contributed by atoms with E-state index in [0.29, 0.717) is 0 Å². The Labute approximate surface area is 156 Å². The highest BCUT2D eigenvalue weighted by molar-refractivity contribution is 14.1. The van der Waals surface area contributed by atoms with Gasteiger partial charge >= 0.3 is 0 Å². The first-order valence-electron chi connectivity index (χ1n) is 5.80. The summed E-state index contributed by atoms with van der Waals surface area (Å²) in [6.07, 6.45) is 0.556. The van der Waals surface area contributed by atoms with Gasteiger partial charge in [-0.25, -0.2) is 35.1 Å². The predicted octanol–water partition coefficient (Wildman–Crippen LogP) is 6.18. The number of halogens is 10. The third kappa shape index (κ3) is 3.13. The van der Waals surface area contributed by atoms with Crippen molar-refractivity contribution < 1.29 is 35.1 Å². The van der Waals surface area contributed by atoms with Crippen molar-refractivity contribution >= 4 is 57.3 Å². The number of hydrogen-bond donors (Lipinski definition) is 0. The highest BCUT2D eigenvalue weighted by Crippen LogP contribution is 2.29. The Morgan fingerprint density at radius 3 is 0.833 bits per heavy atom. The zero-order valence-corrected chi connectivity index (χ0v) is 15.2. The van der Waals surface area contributed by atoms with Crippen molar-refractivity contribution in [3.8, 4) is 0 Å². The summed E-state index contributed by atoms with van der Waals surface area (Å²) in [4.78, 5) is 0. The molecule has 0 atom stereocenters. The van der Waals surface area contributed by atoms with Crippen molar-refractivity contribution in [1.29, 1.82) is 0 Å². The molecule has 0 aliphatic heterocycles. The number of rotatable bonds is 2. The molecule has 10 heteroatoms. The molecule has 24 heavy (non-hydrogen) atoms. The van der Waals surface area contributed by atoms with E-state index < -0.39 is 64.8 Å². The average Bonchev–Trinajstić information content (AvgIpc) is 2.57. The fourth-order valence-electron chi connectivity index (χ4n) is 1.70. The summed E-state index contributed by atoms with van der Waals surface area (Å²) in [6.45, 7) is 0. The van der Waals surface area contributed by atoms with Crippen molar-refractivity contribution in [1.82, 2.24) is 0 Å². The zero-order chi connectivity index (χ0) is 18.3. The van der Waals surface area contributed by atoms with E-state index >= 15 is 0 Å². The molecule has 0 N–H and O–H groups in total. The van der Waals surface area contributed by atoms with Crippen LogP contribution in [0.2, 0.25) is 0 Å². The van der Waals surface area contributed by atoms with Crippen LogP contribution in [0.4, 0.5) is 35.1 Å². The maximum Gasteiger partial charge on any atom is 0.175 e. The molecule has 2 aromatic carbocycles. The monoisotopic (exact) mass is 576 g/mol. The van der Waals surface area contributed by atoms with Gasteiger partial charge in [0.15, 0.2) is 46.5 Å². The molecule has 0 nitrogen and oxygen atoms in total. The van der Waals surface area contributed by atoms with Crippen LogP contribution in [0.3, 0.4) is 0 Å². The first-order valence-corrected chi connectivity index (χ1v) is 7.96. The van der Waals surface area contributed by atoms with Crippen LogP contribution in [0.15, 0.2) is 0 Å². The van der Waals surface area contributed by atoms with Gasteiger partial charge < -0.3 is 0 Å². The molecule has 0 radical (unpaired) electrons. The third-order valence-electron chi connectivity index (χ3n) is 2.90. The summed E-state index contributed by atoms with van der Waals surface area (Å²) in [7, 11) is 0. The van der Waals surface area contributed by atoms with Crippen LogP contribution in [0.5, 0.6) is 0 Å². The Bertz CT molecular complexity index is 747. The standard InChI is InChI=1S/C14H2F8I2/c15-5-3(6(16)10(20)13(23)9(5)19)1-2-4-7(17)11(21)14(24)12(22)8(4)18/h1-2H/b2-1+. The van der Waals surface area contributed by atoms with E-state index in [1.54, 1.807) is 0 Å². The number of hydrogen-bond acceptors (Lipinski definition) is 0. The van der Waals surface area contributed by atoms with Crippen LogP contribution in [-0.2, 0) is 0 Å². The molecule has 0 heterocycles. The van der Waals surface area contributed by atoms with Gasteiger partial charge in [0.05, 0.1) is 18.3 Å². The topological polar surface area (TPSA) is 0 Å². The molecule has 0 saturated carbocycles. The van der Waals surface area contributed by atoms with Crippen LogP contribution < -0.4 is 0 Å². The highest BCUT2D eigenvalue weighted by atomic mass is 127. The molecule has 0 unspecified atom stereocenters. The summed E-state index contributed by atoms with van der Waals surface area (Å²) < 4.78 is 106. The maximum atomic E-state index is 13.7. The summed E-state index contributed by atoms with van der Waals surface area (Å²) in [5.41, 5.74) is -2.58. The van der Waals surface area contributed by atoms with E-state index in [0.717, 1.165) is 45.2 Å². The molecule has 0 aliphatic rings. The van der Waals surface area contributed by atoms with Crippen molar-refractivity contribution in [3.05, 3.63) is 64.8 Å². The molecule has 2 aromatic rings. The minimum atomic E-state index is -1.82. The number of benzene rings is 2. The van der Waals surface area contributed by atoms with Gasteiger partial charge in [-0.3, -0.25) is 0 Å². The lowest BCUT2D eigenvalue weighted by Gasteiger charge is -2.07. The van der Waals surface area contributed by atoms with Crippen molar-refractivity contribution in [2.75, 3.05) is 0 Å². The normalized spacial score (nSPS) is 11.6. The molecule has 0 aliphatic carbocycles. The van der Waals surface area contributed by atoms with Crippen LogP contribution in [0, 0.1) is 53.7 Å². The van der Waals surface area contributed by atoms with E-state index in [2.05, 4.69) is 0 Å². The third-order valence-corrected chi connectivity index (χ3v) is 4.80. The van der Waals surface area contributed by atoms with Crippen LogP contribution in [-0.4, -0.2) is 0 Å². The maximum absolute atomic E-state index is 13.7. The van der Waals surface area contributed by atoms with E-state index in [1.807, 2.05) is 0 Å². The molecule has 0 aromatic heterocycles. The lowest BCUT2D eigenvalue weighted by Crippen LogP contribution is -2.04. The van der Waals surface area contributed by atoms with Crippen LogP contribution in [0.25, 0.3) is 12.2 Å². The fraction of sp³-hybridized carbons (Fsp3) is 0. The largest absolute Gasteiger partial charge is 0.203 e. The Morgan fingerprint density at radius 2 is 0.625 bits per heavy atom. The molecule has 0 spiro atoms. The van der Waals surface area contributed by atoms with Gasteiger partial charge in [-0.2, -0.15) is 0 Å². The Morgan fingerprint density at radius 1 is 0.417 bits per heavy atom. The first kappa shape index (κ1) is 19.4. The summed E-state index contributed by atoms with van der Waals surface area (Å²) in [5.74, 6) is -14.1. The Kier molecular flexibility index (Phi) is 5.77. The van der Waals surface area contributed by atoms with Gasteiger partial charge in [-0.05, 0) is 57.3 Å². The lowest BCUT2D eigenvalue weighted by molar-refractivity contribution is 0.442. The minimum absolute atomic E-state index is 0.278. The van der Waals surface area contributed by atoms with E-state index in [4.69, 9.17) is 0 Å². The Hall–Kier alpha value is -0.920. The second-order valence-corrected chi connectivity index (χ2v) is 6.46. The fourth-order valence-corrected chi connectivity index (χ4v) is 2.65. The van der Waals surface area contributed by atoms with Gasteiger partial charge in [-0.15, -0.1) is 0 Å². The summed E-state index contributed by atoms with van der Waals surface area (Å²) in [5, 5.41) is 0. The zero-order valence-electron chi connectivity index (χ0n) is 10.9. The van der Waals surface area contributed by atoms with Gasteiger partial charge in [0, 0.05) is 0 Å². The molecule has 0 saturated heterocycles. The predicted molar refractivity (Wildman–Crippen MR) is 86.9 cm³/mol. The van der Waals surface area contributed by atoms with Gasteiger partial charge in [0.2, 0.25) is 0 Å². The van der Waals surface area contributed by atoms with Crippen LogP contribution >= 0.6 is 45.2 Å². The molecular weight excluding hydrogens is 574 g/mol. The van der Waals surface area contributed by atoms with Crippen LogP contribution in [0.1, 0.15) is 11.1 Å². The lowest BCUT2D eigenvalue weighted by atomic mass is 10.1. The van der Waals surface area contributed by atoms with Crippen molar-refractivity contribution in [2.24, 2.45) is 0 Å². The smallest absolute Gasteiger partial charge is 0.175 e. The molecule has 0 amide bonds. The van der Waals surface area contributed by atoms with Crippen molar-refractivity contribution in [2.45, 2.75) is 0 Å². The molecular formula is C14H2F8I2. The summed E-state index contributed by atoms with van der Waals surface area (Å²) in [6, 6.07) is 0. The highest BCUT2D eigenvalue weighted by Gasteiger charge is 2.25. The molecule has 0 fully saturated rings. The minimum Gasteiger partial charge on any atom is -0.203 e. The van der Waals surface area contributed by atoms with Gasteiger partial charge in [0.25, 0.3) is 0 Å². The van der Waals surface area contributed by atoms with E-state index in [9.17, 15) is 35.1 Å². The van der Waals surface area contributed by atoms with Gasteiger partial charge in [0.1, 0.15) is 0 Å². The quantitative estimate of drug-likeness (QED) is 0.132. The first-order chi connectivity index (χ1) is 11.1. The SMILES string of the molecule is Fc1c(F)c(/C=C/c2c(F)c(F)c(I)c(F)c2F)c(F)c(F)c1I. The van der Waals surface area contributed by atoms with E-state index in [1.165, 1.54) is 0 Å². The second kappa shape index (κ2) is 7.14. The van der Waals surface area contributed by atoms with Gasteiger partial charge in [-0.1, -0.05) is 0 Å². The second-order valence-electron chi connectivity index (χ2n) is 4.30. The van der Waals surface area contributed by atoms with Crippen molar-refractivity contribution in [3.63, 3.8) is 0 Å². The van der Waals surface area contributed by atoms with E-state index in [-0.39, 0.29) is 12.2 Å². The molecule has 0 bridgehead atoms. The summed E-state index contributed by atoms with van der Waals surface area (Å²) >= 11 is 2.05. The molecule has 128 valence electrons. The Balaban J connectivity index is 2.67.